The molecular formula is C13H20N2O3S. The maximum absolute atomic E-state index is 12.1. The van der Waals surface area contributed by atoms with Gasteiger partial charge in [-0.25, -0.2) is 13.1 Å². The van der Waals surface area contributed by atoms with Crippen molar-refractivity contribution >= 4 is 10.0 Å². The summed E-state index contributed by atoms with van der Waals surface area (Å²) in [4.78, 5) is 2.47. The predicted octanol–water partition coefficient (Wildman–Crippen LogP) is 1.15. The van der Waals surface area contributed by atoms with Crippen molar-refractivity contribution in [3.8, 4) is 5.75 Å². The maximum Gasteiger partial charge on any atom is 0.240 e. The van der Waals surface area contributed by atoms with Crippen molar-refractivity contribution in [1.29, 1.82) is 0 Å². The van der Waals surface area contributed by atoms with Crippen molar-refractivity contribution in [1.82, 2.24) is 9.62 Å². The van der Waals surface area contributed by atoms with Gasteiger partial charge in [-0.1, -0.05) is 0 Å². The Morgan fingerprint density at radius 1 is 1.26 bits per heavy atom. The van der Waals surface area contributed by atoms with E-state index >= 15 is 0 Å². The Labute approximate surface area is 114 Å². The van der Waals surface area contributed by atoms with Gasteiger partial charge in [-0.3, -0.25) is 4.90 Å². The summed E-state index contributed by atoms with van der Waals surface area (Å²) in [6, 6.07) is 5.75. The van der Waals surface area contributed by atoms with E-state index in [0.29, 0.717) is 6.54 Å². The Morgan fingerprint density at radius 3 is 2.42 bits per heavy atom. The quantitative estimate of drug-likeness (QED) is 0.851. The van der Waals surface area contributed by atoms with Crippen molar-refractivity contribution in [2.24, 2.45) is 0 Å². The number of phenols is 1. The summed E-state index contributed by atoms with van der Waals surface area (Å²) in [7, 11) is -3.49. The number of likely N-dealkylation sites (tertiary alicyclic amines) is 1. The molecule has 0 aromatic heterocycles. The van der Waals surface area contributed by atoms with Crippen molar-refractivity contribution < 1.29 is 13.5 Å². The third-order valence-electron chi connectivity index (χ3n) is 3.48. The fourth-order valence-electron chi connectivity index (χ4n) is 2.25. The van der Waals surface area contributed by atoms with Gasteiger partial charge in [-0.15, -0.1) is 0 Å². The minimum Gasteiger partial charge on any atom is -0.508 e. The van der Waals surface area contributed by atoms with Gasteiger partial charge >= 0.3 is 0 Å². The first kappa shape index (κ1) is 14.3. The second kappa shape index (κ2) is 5.90. The molecule has 5 nitrogen and oxygen atoms in total. The van der Waals surface area contributed by atoms with Crippen LogP contribution in [0.4, 0.5) is 0 Å². The molecule has 106 valence electrons. The van der Waals surface area contributed by atoms with Gasteiger partial charge in [0.25, 0.3) is 0 Å². The first-order chi connectivity index (χ1) is 8.99. The first-order valence-corrected chi connectivity index (χ1v) is 8.00. The number of phenolic OH excluding ortho intramolecular Hbond substituents is 1. The van der Waals surface area contributed by atoms with Crippen LogP contribution < -0.4 is 4.72 Å². The van der Waals surface area contributed by atoms with Crippen LogP contribution in [0.15, 0.2) is 29.2 Å². The van der Waals surface area contributed by atoms with Crippen LogP contribution >= 0.6 is 0 Å². The van der Waals surface area contributed by atoms with Crippen LogP contribution in [0.2, 0.25) is 0 Å². The summed E-state index contributed by atoms with van der Waals surface area (Å²) in [5, 5.41) is 9.16. The summed E-state index contributed by atoms with van der Waals surface area (Å²) in [6.07, 6.45) is 2.38. The van der Waals surface area contributed by atoms with Crippen LogP contribution in [-0.4, -0.2) is 44.1 Å². The Kier molecular flexibility index (Phi) is 4.44. The van der Waals surface area contributed by atoms with Gasteiger partial charge in [0.2, 0.25) is 10.0 Å². The highest BCUT2D eigenvalue weighted by Gasteiger charge is 2.20. The molecular weight excluding hydrogens is 264 g/mol. The third-order valence-corrected chi connectivity index (χ3v) is 4.92. The molecule has 1 aliphatic heterocycles. The van der Waals surface area contributed by atoms with Crippen molar-refractivity contribution in [2.45, 2.75) is 30.7 Å². The average molecular weight is 284 g/mol. The van der Waals surface area contributed by atoms with E-state index in [2.05, 4.69) is 9.62 Å². The Hall–Kier alpha value is -1.11. The van der Waals surface area contributed by atoms with E-state index in [1.165, 1.54) is 37.1 Å². The standard InChI is InChI=1S/C13H20N2O3S/c1-11(15-8-2-3-9-15)10-14-19(17,18)13-6-4-12(16)5-7-13/h4-7,11,14,16H,2-3,8-10H2,1H3. The minimum absolute atomic E-state index is 0.0596. The Morgan fingerprint density at radius 2 is 1.84 bits per heavy atom. The molecule has 0 bridgehead atoms. The first-order valence-electron chi connectivity index (χ1n) is 6.52. The van der Waals surface area contributed by atoms with E-state index in [4.69, 9.17) is 5.11 Å². The van der Waals surface area contributed by atoms with Gasteiger partial charge in [-0.05, 0) is 57.1 Å². The summed E-state index contributed by atoms with van der Waals surface area (Å²) in [5.41, 5.74) is 0. The normalized spacial score (nSPS) is 18.6. The highest BCUT2D eigenvalue weighted by Crippen LogP contribution is 2.15. The molecule has 1 aromatic rings. The van der Waals surface area contributed by atoms with Crippen LogP contribution in [0, 0.1) is 0 Å². The van der Waals surface area contributed by atoms with Crippen LogP contribution in [0.5, 0.6) is 5.75 Å². The lowest BCUT2D eigenvalue weighted by Crippen LogP contribution is -2.40. The van der Waals surface area contributed by atoms with E-state index in [-0.39, 0.29) is 16.7 Å². The number of aromatic hydroxyl groups is 1. The summed E-state index contributed by atoms with van der Waals surface area (Å²) < 4.78 is 26.7. The molecule has 19 heavy (non-hydrogen) atoms. The van der Waals surface area contributed by atoms with E-state index in [0.717, 1.165) is 13.1 Å². The zero-order valence-electron chi connectivity index (χ0n) is 11.0. The third kappa shape index (κ3) is 3.68. The van der Waals surface area contributed by atoms with Gasteiger partial charge < -0.3 is 5.11 Å². The number of sulfonamides is 1. The second-order valence-electron chi connectivity index (χ2n) is 4.94. The Balaban J connectivity index is 1.95. The summed E-state index contributed by atoms with van der Waals surface area (Å²) in [6.45, 7) is 4.53. The zero-order valence-corrected chi connectivity index (χ0v) is 11.9. The lowest BCUT2D eigenvalue weighted by Gasteiger charge is -2.23. The highest BCUT2D eigenvalue weighted by molar-refractivity contribution is 7.89. The SMILES string of the molecule is CC(CNS(=O)(=O)c1ccc(O)cc1)N1CCCC1. The van der Waals surface area contributed by atoms with Gasteiger partial charge in [0.05, 0.1) is 4.90 Å². The largest absolute Gasteiger partial charge is 0.508 e. The number of benzene rings is 1. The van der Waals surface area contributed by atoms with E-state index < -0.39 is 10.0 Å². The molecule has 1 heterocycles. The molecule has 0 radical (unpaired) electrons. The van der Waals surface area contributed by atoms with Gasteiger partial charge in [-0.2, -0.15) is 0 Å². The summed E-state index contributed by atoms with van der Waals surface area (Å²) >= 11 is 0. The molecule has 1 unspecified atom stereocenters. The molecule has 0 saturated carbocycles. The molecule has 0 aliphatic carbocycles. The molecule has 0 spiro atoms. The van der Waals surface area contributed by atoms with Crippen molar-refractivity contribution in [2.75, 3.05) is 19.6 Å². The predicted molar refractivity (Wildman–Crippen MR) is 73.6 cm³/mol. The van der Waals surface area contributed by atoms with Crippen LogP contribution in [0.25, 0.3) is 0 Å². The van der Waals surface area contributed by atoms with E-state index in [1.54, 1.807) is 0 Å². The molecule has 0 amide bonds. The molecule has 6 heteroatoms. The zero-order chi connectivity index (χ0) is 13.9. The molecule has 1 aromatic carbocycles. The lowest BCUT2D eigenvalue weighted by atomic mass is 10.3. The molecule has 1 fully saturated rings. The van der Waals surface area contributed by atoms with Gasteiger partial charge in [0, 0.05) is 12.6 Å². The maximum atomic E-state index is 12.1. The number of rotatable bonds is 5. The molecule has 1 atom stereocenters. The molecule has 1 saturated heterocycles. The smallest absolute Gasteiger partial charge is 0.240 e. The average Bonchev–Trinajstić information content (AvgIpc) is 2.90. The van der Waals surface area contributed by atoms with E-state index in [9.17, 15) is 8.42 Å². The highest BCUT2D eigenvalue weighted by atomic mass is 32.2. The van der Waals surface area contributed by atoms with Crippen molar-refractivity contribution in [3.63, 3.8) is 0 Å². The molecule has 1 aliphatic rings. The van der Waals surface area contributed by atoms with Crippen LogP contribution in [0.1, 0.15) is 19.8 Å². The number of hydrogen-bond acceptors (Lipinski definition) is 4. The monoisotopic (exact) mass is 284 g/mol. The van der Waals surface area contributed by atoms with Gasteiger partial charge in [0.1, 0.15) is 5.75 Å². The van der Waals surface area contributed by atoms with Crippen molar-refractivity contribution in [3.05, 3.63) is 24.3 Å². The summed E-state index contributed by atoms with van der Waals surface area (Å²) in [5.74, 6) is 0.0596. The van der Waals surface area contributed by atoms with E-state index in [1.807, 2.05) is 6.92 Å². The van der Waals surface area contributed by atoms with Gasteiger partial charge in [0.15, 0.2) is 0 Å². The fourth-order valence-corrected chi connectivity index (χ4v) is 3.37. The van der Waals surface area contributed by atoms with Crippen LogP contribution in [0.3, 0.4) is 0 Å². The number of hydrogen-bond donors (Lipinski definition) is 2. The topological polar surface area (TPSA) is 69.6 Å². The van der Waals surface area contributed by atoms with Crippen LogP contribution in [-0.2, 0) is 10.0 Å². The Bertz CT molecular complexity index is 507. The molecule has 2 N–H and O–H groups in total. The second-order valence-corrected chi connectivity index (χ2v) is 6.70. The number of nitrogens with zero attached hydrogens (tertiary/aromatic N) is 1. The molecule has 2 rings (SSSR count). The number of nitrogens with one attached hydrogen (secondary N) is 1. The lowest BCUT2D eigenvalue weighted by molar-refractivity contribution is 0.260. The minimum atomic E-state index is -3.49. The fraction of sp³-hybridized carbons (Fsp3) is 0.538.